The maximum Gasteiger partial charge on any atom is 0.133 e. The van der Waals surface area contributed by atoms with E-state index in [-0.39, 0.29) is 6.04 Å². The summed E-state index contributed by atoms with van der Waals surface area (Å²) >= 11 is 18.2. The Morgan fingerprint density at radius 1 is 1.25 bits per heavy atom. The SMILES string of the molecule is CC(NCCc1nncn1C)c1ccc(Cl)c(Cl)c1Cl. The van der Waals surface area contributed by atoms with Crippen molar-refractivity contribution in [1.29, 1.82) is 0 Å². The molecule has 0 aliphatic rings. The molecule has 0 radical (unpaired) electrons. The molecule has 0 amide bonds. The Morgan fingerprint density at radius 3 is 2.65 bits per heavy atom. The van der Waals surface area contributed by atoms with Crippen LogP contribution in [-0.2, 0) is 13.5 Å². The van der Waals surface area contributed by atoms with Crippen LogP contribution in [-0.4, -0.2) is 21.3 Å². The number of rotatable bonds is 5. The first-order valence-corrected chi connectivity index (χ1v) is 7.33. The molecule has 1 atom stereocenters. The van der Waals surface area contributed by atoms with Crippen LogP contribution in [0.25, 0.3) is 0 Å². The summed E-state index contributed by atoms with van der Waals surface area (Å²) in [6.07, 6.45) is 2.48. The summed E-state index contributed by atoms with van der Waals surface area (Å²) in [6, 6.07) is 3.72. The minimum atomic E-state index is 0.0745. The Balaban J connectivity index is 1.97. The van der Waals surface area contributed by atoms with E-state index >= 15 is 0 Å². The zero-order chi connectivity index (χ0) is 14.7. The smallest absolute Gasteiger partial charge is 0.133 e. The number of aromatic nitrogens is 3. The fourth-order valence-electron chi connectivity index (χ4n) is 1.92. The van der Waals surface area contributed by atoms with Crippen molar-refractivity contribution in [3.8, 4) is 0 Å². The van der Waals surface area contributed by atoms with Gasteiger partial charge in [-0.05, 0) is 18.6 Å². The van der Waals surface area contributed by atoms with Crippen molar-refractivity contribution in [1.82, 2.24) is 20.1 Å². The van der Waals surface area contributed by atoms with Crippen molar-refractivity contribution in [3.63, 3.8) is 0 Å². The lowest BCUT2D eigenvalue weighted by atomic mass is 10.1. The van der Waals surface area contributed by atoms with Crippen molar-refractivity contribution >= 4 is 34.8 Å². The van der Waals surface area contributed by atoms with Gasteiger partial charge in [0.25, 0.3) is 0 Å². The molecule has 4 nitrogen and oxygen atoms in total. The van der Waals surface area contributed by atoms with Gasteiger partial charge in [-0.15, -0.1) is 10.2 Å². The predicted octanol–water partition coefficient (Wildman–Crippen LogP) is 3.67. The highest BCUT2D eigenvalue weighted by Crippen LogP contribution is 2.35. The molecule has 0 spiro atoms. The summed E-state index contributed by atoms with van der Waals surface area (Å²) in [5.41, 5.74) is 0.930. The van der Waals surface area contributed by atoms with E-state index < -0.39 is 0 Å². The summed E-state index contributed by atoms with van der Waals surface area (Å²) < 4.78 is 1.90. The van der Waals surface area contributed by atoms with Crippen molar-refractivity contribution in [2.45, 2.75) is 19.4 Å². The van der Waals surface area contributed by atoms with E-state index in [1.54, 1.807) is 12.4 Å². The van der Waals surface area contributed by atoms with E-state index in [4.69, 9.17) is 34.8 Å². The lowest BCUT2D eigenvalue weighted by Gasteiger charge is -2.16. The Bertz CT molecular complexity index is 597. The summed E-state index contributed by atoms with van der Waals surface area (Å²) in [5, 5.41) is 12.6. The van der Waals surface area contributed by atoms with E-state index in [1.165, 1.54) is 0 Å². The highest BCUT2D eigenvalue weighted by atomic mass is 35.5. The predicted molar refractivity (Wildman–Crippen MR) is 82.6 cm³/mol. The first kappa shape index (κ1) is 15.6. The maximum atomic E-state index is 6.21. The molecule has 1 aromatic carbocycles. The lowest BCUT2D eigenvalue weighted by molar-refractivity contribution is 0.564. The lowest BCUT2D eigenvalue weighted by Crippen LogP contribution is -2.22. The fourth-order valence-corrected chi connectivity index (χ4v) is 2.63. The van der Waals surface area contributed by atoms with Gasteiger partial charge < -0.3 is 9.88 Å². The van der Waals surface area contributed by atoms with Crippen LogP contribution in [0.5, 0.6) is 0 Å². The first-order chi connectivity index (χ1) is 9.50. The van der Waals surface area contributed by atoms with Gasteiger partial charge in [-0.25, -0.2) is 0 Å². The molecule has 2 aromatic rings. The van der Waals surface area contributed by atoms with Crippen molar-refractivity contribution in [3.05, 3.63) is 44.9 Å². The number of aryl methyl sites for hydroxylation is 1. The zero-order valence-electron chi connectivity index (χ0n) is 11.2. The molecule has 0 saturated heterocycles. The van der Waals surface area contributed by atoms with E-state index in [2.05, 4.69) is 15.5 Å². The molecular weight excluding hydrogens is 319 g/mol. The Hall–Kier alpha value is -0.810. The molecule has 1 heterocycles. The van der Waals surface area contributed by atoms with Gasteiger partial charge in [-0.3, -0.25) is 0 Å². The quantitative estimate of drug-likeness (QED) is 0.849. The van der Waals surface area contributed by atoms with Crippen LogP contribution in [0.15, 0.2) is 18.5 Å². The van der Waals surface area contributed by atoms with Gasteiger partial charge >= 0.3 is 0 Å². The van der Waals surface area contributed by atoms with Crippen LogP contribution in [0, 0.1) is 0 Å². The summed E-state index contributed by atoms with van der Waals surface area (Å²) in [5.74, 6) is 0.935. The molecule has 0 fully saturated rings. The summed E-state index contributed by atoms with van der Waals surface area (Å²) in [4.78, 5) is 0. The zero-order valence-corrected chi connectivity index (χ0v) is 13.5. The minimum absolute atomic E-state index is 0.0745. The van der Waals surface area contributed by atoms with Gasteiger partial charge in [0.15, 0.2) is 0 Å². The first-order valence-electron chi connectivity index (χ1n) is 6.20. The van der Waals surface area contributed by atoms with Crippen LogP contribution >= 0.6 is 34.8 Å². The highest BCUT2D eigenvalue weighted by Gasteiger charge is 2.14. The minimum Gasteiger partial charge on any atom is -0.321 e. The number of hydrogen-bond donors (Lipinski definition) is 1. The third kappa shape index (κ3) is 3.44. The molecule has 2 rings (SSSR count). The molecule has 0 saturated carbocycles. The average molecular weight is 334 g/mol. The van der Waals surface area contributed by atoms with Crippen LogP contribution in [0.3, 0.4) is 0 Å². The second kappa shape index (κ2) is 6.76. The van der Waals surface area contributed by atoms with Gasteiger partial charge in [0.05, 0.1) is 15.1 Å². The van der Waals surface area contributed by atoms with Crippen molar-refractivity contribution in [2.75, 3.05) is 6.54 Å². The van der Waals surface area contributed by atoms with Crippen LogP contribution in [0.1, 0.15) is 24.4 Å². The summed E-state index contributed by atoms with van der Waals surface area (Å²) in [6.45, 7) is 2.80. The van der Waals surface area contributed by atoms with Crippen molar-refractivity contribution < 1.29 is 0 Å². The third-order valence-electron chi connectivity index (χ3n) is 3.14. The highest BCUT2D eigenvalue weighted by molar-refractivity contribution is 6.48. The van der Waals surface area contributed by atoms with Crippen LogP contribution in [0.4, 0.5) is 0 Å². The molecule has 20 heavy (non-hydrogen) atoms. The molecule has 1 aromatic heterocycles. The van der Waals surface area contributed by atoms with E-state index in [0.717, 1.165) is 24.4 Å². The molecule has 0 aliphatic carbocycles. The number of nitrogens with one attached hydrogen (secondary N) is 1. The van der Waals surface area contributed by atoms with Gasteiger partial charge in [0, 0.05) is 26.1 Å². The number of nitrogens with zero attached hydrogens (tertiary/aromatic N) is 3. The molecule has 108 valence electrons. The molecule has 1 unspecified atom stereocenters. The number of hydrogen-bond acceptors (Lipinski definition) is 3. The third-order valence-corrected chi connectivity index (χ3v) is 4.44. The largest absolute Gasteiger partial charge is 0.321 e. The standard InChI is InChI=1S/C13H15Cl3N4/c1-8(9-3-4-10(14)13(16)12(9)15)17-6-5-11-19-18-7-20(11)2/h3-4,7-8,17H,5-6H2,1-2H3. The van der Waals surface area contributed by atoms with Gasteiger partial charge in [0.2, 0.25) is 0 Å². The van der Waals surface area contributed by atoms with Gasteiger partial charge in [-0.1, -0.05) is 40.9 Å². The molecule has 0 aliphatic heterocycles. The Morgan fingerprint density at radius 2 is 2.00 bits per heavy atom. The average Bonchev–Trinajstić information content (AvgIpc) is 2.82. The fraction of sp³-hybridized carbons (Fsp3) is 0.385. The van der Waals surface area contributed by atoms with Gasteiger partial charge in [-0.2, -0.15) is 0 Å². The van der Waals surface area contributed by atoms with E-state index in [0.29, 0.717) is 15.1 Å². The number of halogens is 3. The Labute approximate surface area is 133 Å². The second-order valence-corrected chi connectivity index (χ2v) is 5.71. The van der Waals surface area contributed by atoms with Crippen molar-refractivity contribution in [2.24, 2.45) is 7.05 Å². The summed E-state index contributed by atoms with van der Waals surface area (Å²) in [7, 11) is 1.93. The van der Waals surface area contributed by atoms with Gasteiger partial charge in [0.1, 0.15) is 12.2 Å². The molecule has 7 heteroatoms. The maximum absolute atomic E-state index is 6.21. The van der Waals surface area contributed by atoms with Crippen LogP contribution in [0.2, 0.25) is 15.1 Å². The van der Waals surface area contributed by atoms with E-state index in [1.807, 2.05) is 24.6 Å². The molecule has 1 N–H and O–H groups in total. The Kier molecular flexibility index (Phi) is 5.27. The number of benzene rings is 1. The van der Waals surface area contributed by atoms with E-state index in [9.17, 15) is 0 Å². The molecular formula is C13H15Cl3N4. The normalized spacial score (nSPS) is 12.7. The van der Waals surface area contributed by atoms with Crippen LogP contribution < -0.4 is 5.32 Å². The topological polar surface area (TPSA) is 42.7 Å². The molecule has 0 bridgehead atoms. The second-order valence-electron chi connectivity index (χ2n) is 4.55. The monoisotopic (exact) mass is 332 g/mol.